The van der Waals surface area contributed by atoms with E-state index in [1.54, 1.807) is 0 Å². The third-order valence-corrected chi connectivity index (χ3v) is 3.43. The van der Waals surface area contributed by atoms with Gasteiger partial charge in [0.25, 0.3) is 0 Å². The van der Waals surface area contributed by atoms with Gasteiger partial charge in [0, 0.05) is 28.5 Å². The van der Waals surface area contributed by atoms with E-state index in [9.17, 15) is 9.59 Å². The number of carbonyl (C=O) groups is 2. The van der Waals surface area contributed by atoms with E-state index in [2.05, 4.69) is 21.2 Å². The van der Waals surface area contributed by atoms with E-state index in [4.69, 9.17) is 5.11 Å². The van der Waals surface area contributed by atoms with Gasteiger partial charge in [0.05, 0.1) is 6.54 Å². The van der Waals surface area contributed by atoms with Crippen LogP contribution in [0.3, 0.4) is 0 Å². The Morgan fingerprint density at radius 1 is 1.42 bits per heavy atom. The molecule has 1 atom stereocenters. The first-order chi connectivity index (χ1) is 8.99. The van der Waals surface area contributed by atoms with Crippen LogP contribution < -0.4 is 5.32 Å². The van der Waals surface area contributed by atoms with E-state index >= 15 is 0 Å². The van der Waals surface area contributed by atoms with Crippen molar-refractivity contribution in [2.75, 3.05) is 0 Å². The molecule has 5 nitrogen and oxygen atoms in total. The third kappa shape index (κ3) is 2.96. The van der Waals surface area contributed by atoms with Gasteiger partial charge in [-0.15, -0.1) is 0 Å². The fraction of sp³-hybridized carbons (Fsp3) is 0.231. The SMILES string of the molecule is CC(=O)NC(Cn1cc(Br)c2ccccc21)C(=O)O. The maximum Gasteiger partial charge on any atom is 0.328 e. The monoisotopic (exact) mass is 324 g/mol. The van der Waals surface area contributed by atoms with Crippen molar-refractivity contribution in [1.82, 2.24) is 9.88 Å². The second-order valence-corrected chi connectivity index (χ2v) is 5.09. The summed E-state index contributed by atoms with van der Waals surface area (Å²) in [5.41, 5.74) is 0.922. The minimum absolute atomic E-state index is 0.182. The summed E-state index contributed by atoms with van der Waals surface area (Å²) in [5.74, 6) is -1.41. The van der Waals surface area contributed by atoms with Crippen molar-refractivity contribution < 1.29 is 14.7 Å². The molecule has 0 bridgehead atoms. The molecule has 0 spiro atoms. The highest BCUT2D eigenvalue weighted by Crippen LogP contribution is 2.26. The molecule has 0 aliphatic carbocycles. The molecular weight excluding hydrogens is 312 g/mol. The number of halogens is 1. The van der Waals surface area contributed by atoms with Crippen LogP contribution in [-0.2, 0) is 16.1 Å². The van der Waals surface area contributed by atoms with Crippen LogP contribution in [0.1, 0.15) is 6.92 Å². The Bertz CT molecular complexity index is 636. The molecule has 0 fully saturated rings. The summed E-state index contributed by atoms with van der Waals surface area (Å²) in [6.07, 6.45) is 1.82. The van der Waals surface area contributed by atoms with Crippen molar-refractivity contribution in [2.24, 2.45) is 0 Å². The highest BCUT2D eigenvalue weighted by atomic mass is 79.9. The molecule has 1 unspecified atom stereocenters. The number of fused-ring (bicyclic) bond motifs is 1. The van der Waals surface area contributed by atoms with Crippen LogP contribution in [0.4, 0.5) is 0 Å². The number of para-hydroxylation sites is 1. The molecule has 0 aliphatic heterocycles. The number of benzene rings is 1. The van der Waals surface area contributed by atoms with Crippen LogP contribution >= 0.6 is 15.9 Å². The van der Waals surface area contributed by atoms with Gasteiger partial charge in [-0.3, -0.25) is 4.79 Å². The molecule has 1 aromatic carbocycles. The van der Waals surface area contributed by atoms with Gasteiger partial charge in [0.15, 0.2) is 0 Å². The lowest BCUT2D eigenvalue weighted by molar-refractivity contribution is -0.141. The second-order valence-electron chi connectivity index (χ2n) is 4.24. The van der Waals surface area contributed by atoms with Crippen molar-refractivity contribution in [1.29, 1.82) is 0 Å². The van der Waals surface area contributed by atoms with E-state index in [-0.39, 0.29) is 12.5 Å². The maximum atomic E-state index is 11.1. The fourth-order valence-electron chi connectivity index (χ4n) is 1.98. The van der Waals surface area contributed by atoms with Crippen LogP contribution in [-0.4, -0.2) is 27.6 Å². The number of hydrogen-bond acceptors (Lipinski definition) is 2. The summed E-state index contributed by atoms with van der Waals surface area (Å²) in [6, 6.07) is 6.72. The van der Waals surface area contributed by atoms with Crippen molar-refractivity contribution in [3.05, 3.63) is 34.9 Å². The number of nitrogens with one attached hydrogen (secondary N) is 1. The first-order valence-corrected chi connectivity index (χ1v) is 6.51. The molecule has 100 valence electrons. The largest absolute Gasteiger partial charge is 0.480 e. The number of carboxylic acids is 1. The first-order valence-electron chi connectivity index (χ1n) is 5.72. The standard InChI is InChI=1S/C13H13BrN2O3/c1-8(17)15-11(13(18)19)7-16-6-10(14)9-4-2-3-5-12(9)16/h2-6,11H,7H2,1H3,(H,15,17)(H,18,19). The topological polar surface area (TPSA) is 71.3 Å². The van der Waals surface area contributed by atoms with Gasteiger partial charge in [0.1, 0.15) is 6.04 Å². The van der Waals surface area contributed by atoms with Crippen LogP contribution in [0, 0.1) is 0 Å². The van der Waals surface area contributed by atoms with Gasteiger partial charge in [-0.2, -0.15) is 0 Å². The number of aliphatic carboxylic acids is 1. The van der Waals surface area contributed by atoms with Crippen LogP contribution in [0.2, 0.25) is 0 Å². The van der Waals surface area contributed by atoms with Gasteiger partial charge >= 0.3 is 5.97 Å². The van der Waals surface area contributed by atoms with Gasteiger partial charge in [0.2, 0.25) is 5.91 Å². The lowest BCUT2D eigenvalue weighted by Crippen LogP contribution is -2.42. The van der Waals surface area contributed by atoms with Gasteiger partial charge in [-0.25, -0.2) is 4.79 Å². The molecule has 6 heteroatoms. The lowest BCUT2D eigenvalue weighted by Gasteiger charge is -2.14. The van der Waals surface area contributed by atoms with Crippen LogP contribution in [0.15, 0.2) is 34.9 Å². The Labute approximate surface area is 118 Å². The summed E-state index contributed by atoms with van der Waals surface area (Å²) < 4.78 is 2.71. The smallest absolute Gasteiger partial charge is 0.328 e. The predicted octanol–water partition coefficient (Wildman–Crippen LogP) is 1.99. The molecule has 0 saturated heterocycles. The van der Waals surface area contributed by atoms with Crippen molar-refractivity contribution in [2.45, 2.75) is 19.5 Å². The van der Waals surface area contributed by atoms with E-state index in [0.717, 1.165) is 15.4 Å². The average Bonchev–Trinajstić information content (AvgIpc) is 2.66. The summed E-state index contributed by atoms with van der Waals surface area (Å²) in [7, 11) is 0. The van der Waals surface area contributed by atoms with E-state index < -0.39 is 12.0 Å². The van der Waals surface area contributed by atoms with Gasteiger partial charge in [-0.1, -0.05) is 18.2 Å². The Hall–Kier alpha value is -1.82. The number of hydrogen-bond donors (Lipinski definition) is 2. The summed E-state index contributed by atoms with van der Waals surface area (Å²) >= 11 is 3.44. The van der Waals surface area contributed by atoms with Crippen molar-refractivity contribution in [3.63, 3.8) is 0 Å². The molecule has 1 aromatic heterocycles. The lowest BCUT2D eigenvalue weighted by atomic mass is 10.2. The maximum absolute atomic E-state index is 11.1. The van der Waals surface area contributed by atoms with E-state index in [1.165, 1.54) is 6.92 Å². The number of nitrogens with zero attached hydrogens (tertiary/aromatic N) is 1. The normalized spacial score (nSPS) is 12.3. The van der Waals surface area contributed by atoms with Gasteiger partial charge < -0.3 is 15.0 Å². The zero-order valence-corrected chi connectivity index (χ0v) is 11.8. The highest BCUT2D eigenvalue weighted by Gasteiger charge is 2.20. The Kier molecular flexibility index (Phi) is 3.90. The Morgan fingerprint density at radius 2 is 2.11 bits per heavy atom. The molecule has 1 heterocycles. The van der Waals surface area contributed by atoms with Crippen molar-refractivity contribution >= 4 is 38.7 Å². The third-order valence-electron chi connectivity index (χ3n) is 2.79. The number of amides is 1. The zero-order chi connectivity index (χ0) is 14.0. The molecule has 1 amide bonds. The van der Waals surface area contributed by atoms with E-state index in [1.807, 2.05) is 35.0 Å². The van der Waals surface area contributed by atoms with Crippen LogP contribution in [0.5, 0.6) is 0 Å². The van der Waals surface area contributed by atoms with Crippen molar-refractivity contribution in [3.8, 4) is 0 Å². The Balaban J connectivity index is 2.34. The summed E-state index contributed by atoms with van der Waals surface area (Å²) in [5, 5.41) is 12.6. The number of carbonyl (C=O) groups excluding carboxylic acids is 1. The molecule has 0 saturated carbocycles. The molecule has 0 radical (unpaired) electrons. The number of aromatic nitrogens is 1. The van der Waals surface area contributed by atoms with Crippen LogP contribution in [0.25, 0.3) is 10.9 Å². The molecule has 2 N–H and O–H groups in total. The number of rotatable bonds is 4. The summed E-state index contributed by atoms with van der Waals surface area (Å²) in [4.78, 5) is 22.2. The fourth-order valence-corrected chi connectivity index (χ4v) is 2.56. The summed E-state index contributed by atoms with van der Waals surface area (Å²) in [6.45, 7) is 1.49. The van der Waals surface area contributed by atoms with Gasteiger partial charge in [-0.05, 0) is 22.0 Å². The molecule has 0 aliphatic rings. The highest BCUT2D eigenvalue weighted by molar-refractivity contribution is 9.10. The quantitative estimate of drug-likeness (QED) is 0.903. The molecule has 2 aromatic rings. The predicted molar refractivity (Wildman–Crippen MR) is 74.9 cm³/mol. The number of carboxylic acid groups (broad SMARTS) is 1. The minimum Gasteiger partial charge on any atom is -0.480 e. The Morgan fingerprint density at radius 3 is 2.74 bits per heavy atom. The molecule has 19 heavy (non-hydrogen) atoms. The second kappa shape index (κ2) is 5.44. The first kappa shape index (κ1) is 13.6. The average molecular weight is 325 g/mol. The minimum atomic E-state index is -1.05. The zero-order valence-electron chi connectivity index (χ0n) is 10.3. The molecule has 2 rings (SSSR count). The molecular formula is C13H13BrN2O3. The van der Waals surface area contributed by atoms with E-state index in [0.29, 0.717) is 0 Å².